The Balaban J connectivity index is 1.51. The maximum Gasteiger partial charge on any atom is 0.256 e. The highest BCUT2D eigenvalue weighted by Gasteiger charge is 2.22. The van der Waals surface area contributed by atoms with Crippen molar-refractivity contribution >= 4 is 35.2 Å². The number of nitrogens with zero attached hydrogens (tertiary/aromatic N) is 1. The molecule has 0 aromatic heterocycles. The highest BCUT2D eigenvalue weighted by atomic mass is 32.2. The van der Waals surface area contributed by atoms with Crippen LogP contribution >= 0.6 is 11.8 Å². The molecule has 0 bridgehead atoms. The number of fused-ring (bicyclic) bond motifs is 2. The van der Waals surface area contributed by atoms with E-state index in [1.807, 2.05) is 36.4 Å². The molecule has 0 spiro atoms. The van der Waals surface area contributed by atoms with E-state index in [-0.39, 0.29) is 17.7 Å². The Morgan fingerprint density at radius 2 is 1.69 bits per heavy atom. The fourth-order valence-electron chi connectivity index (χ4n) is 3.42. The number of hydrogen-bond acceptors (Lipinski definition) is 4. The van der Waals surface area contributed by atoms with Gasteiger partial charge >= 0.3 is 0 Å². The van der Waals surface area contributed by atoms with Crippen LogP contribution in [0.25, 0.3) is 0 Å². The van der Waals surface area contributed by atoms with Crippen molar-refractivity contribution in [1.82, 2.24) is 10.2 Å². The van der Waals surface area contributed by atoms with Gasteiger partial charge in [-0.15, -0.1) is 0 Å². The summed E-state index contributed by atoms with van der Waals surface area (Å²) in [6.07, 6.45) is 0.743. The van der Waals surface area contributed by atoms with Gasteiger partial charge in [-0.05, 0) is 48.4 Å². The van der Waals surface area contributed by atoms with E-state index in [4.69, 9.17) is 0 Å². The molecule has 3 amide bonds. The van der Waals surface area contributed by atoms with Gasteiger partial charge in [-0.3, -0.25) is 14.4 Å². The minimum Gasteiger partial charge on any atom is -0.352 e. The molecule has 1 aliphatic rings. The third-order valence-corrected chi connectivity index (χ3v) is 6.26. The maximum absolute atomic E-state index is 12.8. The Morgan fingerprint density at radius 1 is 0.938 bits per heavy atom. The normalized spacial score (nSPS) is 12.1. The lowest BCUT2D eigenvalue weighted by Gasteiger charge is -2.12. The van der Waals surface area contributed by atoms with Gasteiger partial charge in [0, 0.05) is 41.6 Å². The predicted molar refractivity (Wildman–Crippen MR) is 125 cm³/mol. The molecule has 2 N–H and O–H groups in total. The Kier molecular flexibility index (Phi) is 6.28. The SMILES string of the molecule is CN(C)C(=O)c1ccc2c(c1)Sc1ccc(C(=O)NCCc3ccccc3)cc1NC2=O. The summed E-state index contributed by atoms with van der Waals surface area (Å²) in [7, 11) is 3.38. The quantitative estimate of drug-likeness (QED) is 0.620. The molecule has 0 atom stereocenters. The molecule has 0 saturated heterocycles. The molecule has 3 aromatic carbocycles. The van der Waals surface area contributed by atoms with Gasteiger partial charge in [-0.2, -0.15) is 0 Å². The summed E-state index contributed by atoms with van der Waals surface area (Å²) in [6, 6.07) is 20.3. The first-order chi connectivity index (χ1) is 15.4. The van der Waals surface area contributed by atoms with Gasteiger partial charge in [0.15, 0.2) is 0 Å². The van der Waals surface area contributed by atoms with E-state index in [1.54, 1.807) is 44.4 Å². The van der Waals surface area contributed by atoms with E-state index in [9.17, 15) is 14.4 Å². The molecule has 4 rings (SSSR count). The topological polar surface area (TPSA) is 78.5 Å². The van der Waals surface area contributed by atoms with E-state index in [1.165, 1.54) is 16.7 Å². The van der Waals surface area contributed by atoms with Crippen molar-refractivity contribution in [2.24, 2.45) is 0 Å². The van der Waals surface area contributed by atoms with Gasteiger partial charge in [0.2, 0.25) is 0 Å². The fourth-order valence-corrected chi connectivity index (χ4v) is 4.47. The number of carbonyl (C=O) groups is 3. The van der Waals surface area contributed by atoms with Crippen LogP contribution in [-0.2, 0) is 6.42 Å². The zero-order chi connectivity index (χ0) is 22.7. The summed E-state index contributed by atoms with van der Waals surface area (Å²) in [4.78, 5) is 40.7. The molecule has 0 saturated carbocycles. The maximum atomic E-state index is 12.8. The molecular formula is C25H23N3O3S. The van der Waals surface area contributed by atoms with E-state index < -0.39 is 0 Å². The first-order valence-corrected chi connectivity index (χ1v) is 11.0. The fraction of sp³-hybridized carbons (Fsp3) is 0.160. The molecule has 32 heavy (non-hydrogen) atoms. The molecule has 6 nitrogen and oxygen atoms in total. The van der Waals surface area contributed by atoms with Gasteiger partial charge in [0.25, 0.3) is 17.7 Å². The summed E-state index contributed by atoms with van der Waals surface area (Å²) in [5.41, 5.74) is 3.23. The predicted octanol–water partition coefficient (Wildman–Crippen LogP) is 4.08. The average molecular weight is 446 g/mol. The molecule has 7 heteroatoms. The molecule has 3 aromatic rings. The van der Waals surface area contributed by atoms with Crippen LogP contribution < -0.4 is 10.6 Å². The molecule has 0 fully saturated rings. The largest absolute Gasteiger partial charge is 0.352 e. The number of anilines is 1. The highest BCUT2D eigenvalue weighted by molar-refractivity contribution is 7.99. The van der Waals surface area contributed by atoms with Crippen LogP contribution in [0.1, 0.15) is 36.6 Å². The van der Waals surface area contributed by atoms with Crippen LogP contribution in [-0.4, -0.2) is 43.3 Å². The minimum atomic E-state index is -0.267. The first-order valence-electron chi connectivity index (χ1n) is 10.2. The number of benzene rings is 3. The van der Waals surface area contributed by atoms with Crippen LogP contribution in [0.4, 0.5) is 5.69 Å². The second kappa shape index (κ2) is 9.28. The number of carbonyl (C=O) groups excluding carboxylic acids is 3. The van der Waals surface area contributed by atoms with Gasteiger partial charge < -0.3 is 15.5 Å². The summed E-state index contributed by atoms with van der Waals surface area (Å²) >= 11 is 1.40. The zero-order valence-corrected chi connectivity index (χ0v) is 18.7. The molecule has 0 aliphatic carbocycles. The highest BCUT2D eigenvalue weighted by Crippen LogP contribution is 2.39. The van der Waals surface area contributed by atoms with Crippen LogP contribution in [0.2, 0.25) is 0 Å². The van der Waals surface area contributed by atoms with Crippen molar-refractivity contribution in [2.45, 2.75) is 16.2 Å². The van der Waals surface area contributed by atoms with Gasteiger partial charge in [0.05, 0.1) is 11.3 Å². The Labute approximate surface area is 191 Å². The van der Waals surface area contributed by atoms with Crippen LogP contribution in [0.5, 0.6) is 0 Å². The summed E-state index contributed by atoms with van der Waals surface area (Å²) in [5.74, 6) is -0.582. The summed E-state index contributed by atoms with van der Waals surface area (Å²) < 4.78 is 0. The first kappa shape index (κ1) is 21.6. The number of rotatable bonds is 5. The molecule has 1 heterocycles. The third kappa shape index (κ3) is 4.68. The van der Waals surface area contributed by atoms with E-state index in [0.717, 1.165) is 16.9 Å². The summed E-state index contributed by atoms with van der Waals surface area (Å²) in [6.45, 7) is 0.523. The molecule has 162 valence electrons. The summed E-state index contributed by atoms with van der Waals surface area (Å²) in [5, 5.41) is 5.82. The molecule has 1 aliphatic heterocycles. The van der Waals surface area contributed by atoms with Crippen LogP contribution in [0, 0.1) is 0 Å². The van der Waals surface area contributed by atoms with Crippen LogP contribution in [0.15, 0.2) is 76.5 Å². The van der Waals surface area contributed by atoms with Crippen molar-refractivity contribution < 1.29 is 14.4 Å². The number of nitrogens with one attached hydrogen (secondary N) is 2. The van der Waals surface area contributed by atoms with E-state index >= 15 is 0 Å². The smallest absolute Gasteiger partial charge is 0.256 e. The Bertz CT molecular complexity index is 1190. The van der Waals surface area contributed by atoms with Crippen molar-refractivity contribution in [3.05, 3.63) is 89.0 Å². The minimum absolute atomic E-state index is 0.124. The Morgan fingerprint density at radius 3 is 2.44 bits per heavy atom. The lowest BCUT2D eigenvalue weighted by atomic mass is 10.1. The zero-order valence-electron chi connectivity index (χ0n) is 17.8. The monoisotopic (exact) mass is 445 g/mol. The molecule has 0 radical (unpaired) electrons. The van der Waals surface area contributed by atoms with E-state index in [0.29, 0.717) is 33.8 Å². The Hall–Kier alpha value is -3.58. The molecule has 0 unspecified atom stereocenters. The van der Waals surface area contributed by atoms with Crippen LogP contribution in [0.3, 0.4) is 0 Å². The van der Waals surface area contributed by atoms with Gasteiger partial charge in [-0.1, -0.05) is 42.1 Å². The van der Waals surface area contributed by atoms with E-state index in [2.05, 4.69) is 10.6 Å². The van der Waals surface area contributed by atoms with Gasteiger partial charge in [0.1, 0.15) is 0 Å². The standard InChI is InChI=1S/C25H23N3O3S/c1-28(2)25(31)18-8-10-19-22(15-18)32-21-11-9-17(14-20(21)27-24(19)30)23(29)26-13-12-16-6-4-3-5-7-16/h3-11,14-15H,12-13H2,1-2H3,(H,26,29)(H,27,30). The van der Waals surface area contributed by atoms with Gasteiger partial charge in [-0.25, -0.2) is 0 Å². The second-order valence-electron chi connectivity index (χ2n) is 7.67. The van der Waals surface area contributed by atoms with Crippen molar-refractivity contribution in [1.29, 1.82) is 0 Å². The second-order valence-corrected chi connectivity index (χ2v) is 8.75. The molecular weight excluding hydrogens is 422 g/mol. The van der Waals surface area contributed by atoms with Crippen molar-refractivity contribution in [2.75, 3.05) is 26.0 Å². The van der Waals surface area contributed by atoms with Crippen molar-refractivity contribution in [3.8, 4) is 0 Å². The lowest BCUT2D eigenvalue weighted by molar-refractivity contribution is 0.0826. The van der Waals surface area contributed by atoms with Crippen molar-refractivity contribution in [3.63, 3.8) is 0 Å². The average Bonchev–Trinajstić information content (AvgIpc) is 2.93. The lowest BCUT2D eigenvalue weighted by Crippen LogP contribution is -2.25. The number of hydrogen-bond donors (Lipinski definition) is 2. The number of amides is 3. The third-order valence-electron chi connectivity index (χ3n) is 5.13.